The number of rotatable bonds is 4. The lowest BCUT2D eigenvalue weighted by Crippen LogP contribution is -2.24. The molecule has 0 amide bonds. The van der Waals surface area contributed by atoms with Gasteiger partial charge < -0.3 is 5.11 Å². The van der Waals surface area contributed by atoms with E-state index in [9.17, 15) is 13.9 Å². The van der Waals surface area contributed by atoms with Crippen molar-refractivity contribution in [2.24, 2.45) is 0 Å². The summed E-state index contributed by atoms with van der Waals surface area (Å²) in [5.41, 5.74) is 1.40. The number of hydrogen-bond donors (Lipinski definition) is 1. The van der Waals surface area contributed by atoms with Gasteiger partial charge >= 0.3 is 0 Å². The van der Waals surface area contributed by atoms with Gasteiger partial charge in [-0.2, -0.15) is 0 Å². The van der Waals surface area contributed by atoms with E-state index in [0.717, 1.165) is 24.1 Å². The fourth-order valence-electron chi connectivity index (χ4n) is 2.25. The summed E-state index contributed by atoms with van der Waals surface area (Å²) in [5, 5.41) is 10.5. The topological polar surface area (TPSA) is 20.2 Å². The Morgan fingerprint density at radius 2 is 1.55 bits per heavy atom. The molecule has 1 nitrogen and oxygen atoms in total. The number of benzene rings is 2. The lowest BCUT2D eigenvalue weighted by atomic mass is 9.88. The van der Waals surface area contributed by atoms with Crippen LogP contribution in [0.15, 0.2) is 42.5 Å². The van der Waals surface area contributed by atoms with Gasteiger partial charge in [-0.1, -0.05) is 37.3 Å². The first-order chi connectivity index (χ1) is 9.42. The van der Waals surface area contributed by atoms with Gasteiger partial charge in [0.25, 0.3) is 0 Å². The van der Waals surface area contributed by atoms with Crippen molar-refractivity contribution < 1.29 is 13.9 Å². The molecule has 2 aromatic rings. The minimum Gasteiger partial charge on any atom is -0.385 e. The average molecular weight is 276 g/mol. The Labute approximate surface area is 117 Å². The van der Waals surface area contributed by atoms with E-state index in [-0.39, 0.29) is 6.42 Å². The van der Waals surface area contributed by atoms with Gasteiger partial charge in [0, 0.05) is 6.42 Å². The molecule has 0 radical (unpaired) electrons. The van der Waals surface area contributed by atoms with Crippen molar-refractivity contribution >= 4 is 0 Å². The van der Waals surface area contributed by atoms with Gasteiger partial charge in [-0.15, -0.1) is 0 Å². The van der Waals surface area contributed by atoms with Gasteiger partial charge in [0.2, 0.25) is 0 Å². The van der Waals surface area contributed by atoms with Gasteiger partial charge in [-0.25, -0.2) is 8.78 Å². The van der Waals surface area contributed by atoms with Crippen LogP contribution in [0.25, 0.3) is 0 Å². The molecule has 1 atom stereocenters. The van der Waals surface area contributed by atoms with Crippen molar-refractivity contribution in [3.05, 3.63) is 70.8 Å². The molecule has 2 aromatic carbocycles. The number of halogens is 2. The zero-order valence-electron chi connectivity index (χ0n) is 11.7. The average Bonchev–Trinajstić information content (AvgIpc) is 2.43. The molecule has 0 fully saturated rings. The van der Waals surface area contributed by atoms with Gasteiger partial charge in [0.1, 0.15) is 0 Å². The molecular weight excluding hydrogens is 258 g/mol. The van der Waals surface area contributed by atoms with Crippen LogP contribution in [0.1, 0.15) is 30.5 Å². The Morgan fingerprint density at radius 1 is 0.950 bits per heavy atom. The molecule has 0 aromatic heterocycles. The Morgan fingerprint density at radius 3 is 2.10 bits per heavy atom. The van der Waals surface area contributed by atoms with E-state index in [0.29, 0.717) is 5.56 Å². The summed E-state index contributed by atoms with van der Waals surface area (Å²) in [5.74, 6) is -1.76. The summed E-state index contributed by atoms with van der Waals surface area (Å²) in [4.78, 5) is 0. The zero-order chi connectivity index (χ0) is 14.8. The van der Waals surface area contributed by atoms with Crippen LogP contribution < -0.4 is 0 Å². The zero-order valence-corrected chi connectivity index (χ0v) is 11.7. The van der Waals surface area contributed by atoms with Crippen LogP contribution in [-0.4, -0.2) is 5.11 Å². The normalized spacial score (nSPS) is 14.1. The van der Waals surface area contributed by atoms with Crippen LogP contribution in [-0.2, 0) is 18.4 Å². The second-order valence-electron chi connectivity index (χ2n) is 5.25. The van der Waals surface area contributed by atoms with Gasteiger partial charge in [-0.3, -0.25) is 0 Å². The second-order valence-corrected chi connectivity index (χ2v) is 5.25. The van der Waals surface area contributed by atoms with Gasteiger partial charge in [-0.05, 0) is 42.2 Å². The van der Waals surface area contributed by atoms with Gasteiger partial charge in [0.05, 0.1) is 5.60 Å². The maximum absolute atomic E-state index is 13.2. The summed E-state index contributed by atoms with van der Waals surface area (Å²) in [6, 6.07) is 11.4. The van der Waals surface area contributed by atoms with Crippen molar-refractivity contribution in [3.8, 4) is 0 Å². The third-order valence-electron chi connectivity index (χ3n) is 3.52. The fraction of sp³-hybridized carbons (Fsp3) is 0.294. The van der Waals surface area contributed by atoms with E-state index in [1.165, 1.54) is 11.6 Å². The highest BCUT2D eigenvalue weighted by Gasteiger charge is 2.23. The molecule has 0 aliphatic rings. The Kier molecular flexibility index (Phi) is 4.19. The van der Waals surface area contributed by atoms with E-state index >= 15 is 0 Å². The van der Waals surface area contributed by atoms with E-state index in [1.807, 2.05) is 24.3 Å². The molecule has 2 rings (SSSR count). The van der Waals surface area contributed by atoms with Crippen LogP contribution in [0.4, 0.5) is 8.78 Å². The highest BCUT2D eigenvalue weighted by molar-refractivity contribution is 5.29. The Bertz CT molecular complexity index is 588. The summed E-state index contributed by atoms with van der Waals surface area (Å²) in [7, 11) is 0. The van der Waals surface area contributed by atoms with Crippen molar-refractivity contribution in [2.45, 2.75) is 32.3 Å². The molecular formula is C17H18F2O. The first-order valence-corrected chi connectivity index (χ1v) is 6.68. The predicted octanol–water partition coefficient (Wildman–Crippen LogP) is 3.98. The third-order valence-corrected chi connectivity index (χ3v) is 3.52. The van der Waals surface area contributed by atoms with Crippen LogP contribution >= 0.6 is 0 Å². The van der Waals surface area contributed by atoms with Crippen LogP contribution in [0.3, 0.4) is 0 Å². The van der Waals surface area contributed by atoms with Crippen LogP contribution in [0, 0.1) is 11.6 Å². The van der Waals surface area contributed by atoms with E-state index < -0.39 is 17.2 Å². The SMILES string of the molecule is CCc1ccc(C(C)(O)Cc2ccc(F)c(F)c2)cc1. The highest BCUT2D eigenvalue weighted by Crippen LogP contribution is 2.26. The fourth-order valence-corrected chi connectivity index (χ4v) is 2.25. The Hall–Kier alpha value is -1.74. The van der Waals surface area contributed by atoms with E-state index in [4.69, 9.17) is 0 Å². The van der Waals surface area contributed by atoms with Crippen LogP contribution in [0.5, 0.6) is 0 Å². The van der Waals surface area contributed by atoms with Crippen molar-refractivity contribution in [1.29, 1.82) is 0 Å². The summed E-state index contributed by atoms with van der Waals surface area (Å²) in [6.45, 7) is 3.74. The molecule has 0 aliphatic carbocycles. The standard InChI is InChI=1S/C17H18F2O/c1-3-12-4-7-14(8-5-12)17(2,20)11-13-6-9-15(18)16(19)10-13/h4-10,20H,3,11H2,1-2H3. The monoisotopic (exact) mass is 276 g/mol. The van der Waals surface area contributed by atoms with Gasteiger partial charge in [0.15, 0.2) is 11.6 Å². The molecule has 1 N–H and O–H groups in total. The van der Waals surface area contributed by atoms with E-state index in [1.54, 1.807) is 6.92 Å². The highest BCUT2D eigenvalue weighted by atomic mass is 19.2. The number of hydrogen-bond acceptors (Lipinski definition) is 1. The largest absolute Gasteiger partial charge is 0.385 e. The quantitative estimate of drug-likeness (QED) is 0.895. The molecule has 20 heavy (non-hydrogen) atoms. The molecule has 3 heteroatoms. The molecule has 106 valence electrons. The summed E-state index contributed by atoms with van der Waals surface area (Å²) in [6.07, 6.45) is 1.17. The molecule has 0 saturated carbocycles. The molecule has 0 heterocycles. The third kappa shape index (κ3) is 3.23. The van der Waals surface area contributed by atoms with Crippen molar-refractivity contribution in [1.82, 2.24) is 0 Å². The summed E-state index contributed by atoms with van der Waals surface area (Å²) < 4.78 is 26.1. The number of aliphatic hydroxyl groups is 1. The van der Waals surface area contributed by atoms with Crippen molar-refractivity contribution in [2.75, 3.05) is 0 Å². The minimum absolute atomic E-state index is 0.232. The molecule has 0 spiro atoms. The van der Waals surface area contributed by atoms with E-state index in [2.05, 4.69) is 6.92 Å². The lowest BCUT2D eigenvalue weighted by molar-refractivity contribution is 0.0575. The van der Waals surface area contributed by atoms with Crippen LogP contribution in [0.2, 0.25) is 0 Å². The first kappa shape index (κ1) is 14.7. The molecule has 0 aliphatic heterocycles. The first-order valence-electron chi connectivity index (χ1n) is 6.68. The predicted molar refractivity (Wildman–Crippen MR) is 75.5 cm³/mol. The number of aryl methyl sites for hydroxylation is 1. The second kappa shape index (κ2) is 5.71. The maximum atomic E-state index is 13.2. The smallest absolute Gasteiger partial charge is 0.159 e. The lowest BCUT2D eigenvalue weighted by Gasteiger charge is -2.24. The molecule has 0 bridgehead atoms. The molecule has 0 saturated heterocycles. The minimum atomic E-state index is -1.11. The summed E-state index contributed by atoms with van der Waals surface area (Å²) >= 11 is 0. The maximum Gasteiger partial charge on any atom is 0.159 e. The Balaban J connectivity index is 2.22. The van der Waals surface area contributed by atoms with Crippen molar-refractivity contribution in [3.63, 3.8) is 0 Å². The molecule has 1 unspecified atom stereocenters.